The topological polar surface area (TPSA) is 75.3 Å². The Morgan fingerprint density at radius 3 is 2.54 bits per heavy atom. The maximum absolute atomic E-state index is 12.6. The van der Waals surface area contributed by atoms with E-state index in [0.717, 1.165) is 38.5 Å². The van der Waals surface area contributed by atoms with Gasteiger partial charge in [0.15, 0.2) is 0 Å². The molecule has 0 aromatic rings. The Labute approximate surface area is 156 Å². The smallest absolute Gasteiger partial charge is 0.230 e. The molecule has 1 amide bonds. The van der Waals surface area contributed by atoms with Gasteiger partial charge in [0.25, 0.3) is 0 Å². The van der Waals surface area contributed by atoms with Crippen LogP contribution in [0.15, 0.2) is 0 Å². The predicted molar refractivity (Wildman–Crippen MR) is 97.9 cm³/mol. The van der Waals surface area contributed by atoms with E-state index in [9.17, 15) is 14.4 Å². The average molecular weight is 360 g/mol. The van der Waals surface area contributed by atoms with Crippen molar-refractivity contribution in [3.63, 3.8) is 0 Å². The lowest BCUT2D eigenvalue weighted by Crippen LogP contribution is -2.62. The second-order valence-corrected chi connectivity index (χ2v) is 9.82. The van der Waals surface area contributed by atoms with Gasteiger partial charge in [-0.1, -0.05) is 13.8 Å². The van der Waals surface area contributed by atoms with Crippen LogP contribution in [-0.2, 0) is 14.4 Å². The molecular weight excluding hydrogens is 328 g/mol. The fraction of sp³-hybridized carbons (Fsp3) is 0.857. The molecule has 0 aromatic carbocycles. The number of ketones is 2. The van der Waals surface area contributed by atoms with Gasteiger partial charge in [-0.3, -0.25) is 19.8 Å². The predicted octanol–water partition coefficient (Wildman–Crippen LogP) is 2.79. The van der Waals surface area contributed by atoms with Crippen molar-refractivity contribution >= 4 is 17.5 Å². The van der Waals surface area contributed by atoms with E-state index >= 15 is 0 Å². The number of Topliss-reactive ketones (excluding diaryl/α,β-unsaturated/α-hetero) is 2. The average Bonchev–Trinajstić information content (AvgIpc) is 2.89. The van der Waals surface area contributed by atoms with Crippen LogP contribution in [0.5, 0.6) is 0 Å². The van der Waals surface area contributed by atoms with E-state index in [-0.39, 0.29) is 28.7 Å². The second-order valence-electron chi connectivity index (χ2n) is 9.82. The molecule has 0 heterocycles. The Bertz CT molecular complexity index is 647. The first-order valence-corrected chi connectivity index (χ1v) is 10.3. The molecule has 0 spiro atoms. The minimum Gasteiger partial charge on any atom is -0.300 e. The lowest BCUT2D eigenvalue weighted by Gasteiger charge is -2.61. The van der Waals surface area contributed by atoms with E-state index in [4.69, 9.17) is 0 Å². The Morgan fingerprint density at radius 2 is 1.81 bits per heavy atom. The largest absolute Gasteiger partial charge is 0.300 e. The number of carbonyl (C=O) groups excluding carboxylic acids is 3. The number of nitrogens with one attached hydrogen (secondary N) is 2. The molecule has 4 saturated carbocycles. The molecule has 5 nitrogen and oxygen atoms in total. The highest BCUT2D eigenvalue weighted by Crippen LogP contribution is 2.65. The molecule has 0 aliphatic heterocycles. The minimum atomic E-state index is -0.145. The van der Waals surface area contributed by atoms with Crippen LogP contribution < -0.4 is 10.9 Å². The molecule has 4 fully saturated rings. The normalized spacial score (nSPS) is 47.7. The number of carbonyl (C=O) groups is 3. The van der Waals surface area contributed by atoms with Crippen molar-refractivity contribution < 1.29 is 14.4 Å². The highest BCUT2D eigenvalue weighted by Gasteiger charge is 2.62. The van der Waals surface area contributed by atoms with Gasteiger partial charge in [-0.05, 0) is 61.2 Å². The highest BCUT2D eigenvalue weighted by atomic mass is 16.2. The van der Waals surface area contributed by atoms with E-state index in [2.05, 4.69) is 24.7 Å². The summed E-state index contributed by atoms with van der Waals surface area (Å²) < 4.78 is 0. The first-order valence-electron chi connectivity index (χ1n) is 10.3. The molecule has 2 N–H and O–H groups in total. The van der Waals surface area contributed by atoms with Crippen molar-refractivity contribution in [3.05, 3.63) is 0 Å². The van der Waals surface area contributed by atoms with Crippen LogP contribution in [0.3, 0.4) is 0 Å². The summed E-state index contributed by atoms with van der Waals surface area (Å²) in [5.74, 6) is 2.57. The summed E-state index contributed by atoms with van der Waals surface area (Å²) in [5, 5.41) is 0. The van der Waals surface area contributed by atoms with E-state index in [0.29, 0.717) is 42.2 Å². The van der Waals surface area contributed by atoms with Crippen LogP contribution in [-0.4, -0.2) is 23.5 Å². The van der Waals surface area contributed by atoms with E-state index < -0.39 is 0 Å². The Balaban J connectivity index is 1.67. The number of rotatable bonds is 2. The highest BCUT2D eigenvalue weighted by molar-refractivity contribution is 5.87. The molecule has 0 bridgehead atoms. The van der Waals surface area contributed by atoms with Crippen LogP contribution in [0, 0.1) is 34.5 Å². The lowest BCUT2D eigenvalue weighted by atomic mass is 9.44. The van der Waals surface area contributed by atoms with Crippen LogP contribution in [0.1, 0.15) is 72.1 Å². The molecule has 7 atom stereocenters. The molecule has 4 aliphatic carbocycles. The standard InChI is InChI=1S/C21H32N2O3/c1-12(24)22-23-18-11-14-15-4-5-19(26)21(15,3)9-7-16(14)20(2)8-6-13(25)10-17(18)20/h14-18,23H,4-11H2,1-3H3,(H,22,24)/t14-,15-,16+,17?,18?,20+,21-/m0/s1. The summed E-state index contributed by atoms with van der Waals surface area (Å²) in [5.41, 5.74) is 6.03. The zero-order valence-electron chi connectivity index (χ0n) is 16.3. The van der Waals surface area contributed by atoms with E-state index in [1.54, 1.807) is 0 Å². The fourth-order valence-corrected chi connectivity index (χ4v) is 7.25. The Morgan fingerprint density at radius 1 is 1.04 bits per heavy atom. The van der Waals surface area contributed by atoms with Gasteiger partial charge in [0, 0.05) is 37.6 Å². The SMILES string of the molecule is CC(=O)NNC1C[C@@H]2[C@@H](CC[C@]3(C)C(=O)CC[C@@H]23)[C@@]2(C)CCC(=O)CC12. The van der Waals surface area contributed by atoms with Crippen molar-refractivity contribution in [2.75, 3.05) is 0 Å². The third kappa shape index (κ3) is 2.57. The number of hydrogen-bond donors (Lipinski definition) is 2. The Hall–Kier alpha value is -1.23. The maximum atomic E-state index is 12.6. The molecule has 5 heteroatoms. The van der Waals surface area contributed by atoms with Crippen molar-refractivity contribution in [2.24, 2.45) is 34.5 Å². The monoisotopic (exact) mass is 360 g/mol. The molecule has 0 aromatic heterocycles. The molecule has 144 valence electrons. The molecule has 26 heavy (non-hydrogen) atoms. The summed E-state index contributed by atoms with van der Waals surface area (Å²) in [7, 11) is 0. The van der Waals surface area contributed by atoms with Gasteiger partial charge < -0.3 is 0 Å². The number of hydrazine groups is 1. The van der Waals surface area contributed by atoms with Gasteiger partial charge in [-0.15, -0.1) is 0 Å². The van der Waals surface area contributed by atoms with Crippen LogP contribution >= 0.6 is 0 Å². The number of hydrogen-bond acceptors (Lipinski definition) is 4. The summed E-state index contributed by atoms with van der Waals surface area (Å²) in [4.78, 5) is 36.3. The summed E-state index contributed by atoms with van der Waals surface area (Å²) in [6.45, 7) is 6.08. The first kappa shape index (κ1) is 18.1. The van der Waals surface area contributed by atoms with Crippen LogP contribution in [0.4, 0.5) is 0 Å². The third-order valence-corrected chi connectivity index (χ3v) is 8.68. The lowest BCUT2D eigenvalue weighted by molar-refractivity contribution is -0.149. The zero-order chi connectivity index (χ0) is 18.7. The second kappa shape index (κ2) is 6.15. The van der Waals surface area contributed by atoms with Crippen molar-refractivity contribution in [1.29, 1.82) is 0 Å². The van der Waals surface area contributed by atoms with Gasteiger partial charge in [0.2, 0.25) is 5.91 Å². The third-order valence-electron chi connectivity index (χ3n) is 8.68. The van der Waals surface area contributed by atoms with Gasteiger partial charge in [-0.2, -0.15) is 0 Å². The fourth-order valence-electron chi connectivity index (χ4n) is 7.25. The summed E-state index contributed by atoms with van der Waals surface area (Å²) in [6.07, 6.45) is 7.09. The molecule has 2 unspecified atom stereocenters. The van der Waals surface area contributed by atoms with Crippen molar-refractivity contribution in [1.82, 2.24) is 10.9 Å². The number of amides is 1. The van der Waals surface area contributed by atoms with Crippen LogP contribution in [0.2, 0.25) is 0 Å². The molecule has 0 saturated heterocycles. The van der Waals surface area contributed by atoms with E-state index in [1.165, 1.54) is 6.92 Å². The summed E-state index contributed by atoms with van der Waals surface area (Å²) in [6, 6.07) is 0.118. The minimum absolute atomic E-state index is 0.0968. The van der Waals surface area contributed by atoms with Gasteiger partial charge >= 0.3 is 0 Å². The van der Waals surface area contributed by atoms with Crippen LogP contribution in [0.25, 0.3) is 0 Å². The van der Waals surface area contributed by atoms with Crippen molar-refractivity contribution in [3.8, 4) is 0 Å². The molecule has 0 radical (unpaired) electrons. The Kier molecular flexibility index (Phi) is 4.29. The maximum Gasteiger partial charge on any atom is 0.230 e. The van der Waals surface area contributed by atoms with Gasteiger partial charge in [-0.25, -0.2) is 5.43 Å². The van der Waals surface area contributed by atoms with E-state index in [1.807, 2.05) is 0 Å². The zero-order valence-corrected chi connectivity index (χ0v) is 16.3. The molecular formula is C21H32N2O3. The first-order chi connectivity index (χ1) is 12.3. The van der Waals surface area contributed by atoms with Gasteiger partial charge in [0.1, 0.15) is 11.6 Å². The van der Waals surface area contributed by atoms with Crippen molar-refractivity contribution in [2.45, 2.75) is 78.2 Å². The summed E-state index contributed by atoms with van der Waals surface area (Å²) >= 11 is 0. The molecule has 4 rings (SSSR count). The molecule has 4 aliphatic rings. The quantitative estimate of drug-likeness (QED) is 0.743. The van der Waals surface area contributed by atoms with Gasteiger partial charge in [0.05, 0.1) is 0 Å². The number of fused-ring (bicyclic) bond motifs is 5.